The molecule has 0 unspecified atom stereocenters. The van der Waals surface area contributed by atoms with E-state index in [4.69, 9.17) is 16.2 Å². The van der Waals surface area contributed by atoms with Gasteiger partial charge in [0.1, 0.15) is 6.07 Å². The minimum atomic E-state index is -0.0663. The van der Waals surface area contributed by atoms with Gasteiger partial charge >= 0.3 is 0 Å². The Balaban J connectivity index is 2.75. The quantitative estimate of drug-likeness (QED) is 0.760. The predicted molar refractivity (Wildman–Crippen MR) is 58.9 cm³/mol. The first kappa shape index (κ1) is 10.3. The highest BCUT2D eigenvalue weighted by Gasteiger charge is 2.08. The van der Waals surface area contributed by atoms with Crippen LogP contribution in [-0.2, 0) is 0 Å². The smallest absolute Gasteiger partial charge is 0.166 e. The van der Waals surface area contributed by atoms with Crippen molar-refractivity contribution < 1.29 is 0 Å². The molecule has 0 bridgehead atoms. The number of pyridine rings is 1. The second kappa shape index (κ2) is 4.08. The van der Waals surface area contributed by atoms with Crippen LogP contribution in [0.3, 0.4) is 0 Å². The van der Waals surface area contributed by atoms with Gasteiger partial charge in [0.25, 0.3) is 0 Å². The van der Waals surface area contributed by atoms with Crippen LogP contribution in [0.2, 0.25) is 0 Å². The molecule has 5 nitrogen and oxygen atoms in total. The predicted octanol–water partition coefficient (Wildman–Crippen LogP) is 2.36. The fourth-order valence-electron chi connectivity index (χ4n) is 1.35. The summed E-state index contributed by atoms with van der Waals surface area (Å²) in [6.45, 7) is 0. The van der Waals surface area contributed by atoms with Crippen LogP contribution in [0, 0.1) is 22.3 Å². The number of hydrogen-bond donors (Lipinski definition) is 2. The Morgan fingerprint density at radius 1 is 1.38 bits per heavy atom. The van der Waals surface area contributed by atoms with Crippen molar-refractivity contribution in [3.8, 4) is 16.6 Å². The summed E-state index contributed by atoms with van der Waals surface area (Å²) in [6.07, 6.45) is 0. The zero-order valence-electron chi connectivity index (χ0n) is 8.14. The van der Waals surface area contributed by atoms with Gasteiger partial charge in [-0.1, -0.05) is 11.3 Å². The molecule has 2 aromatic rings. The van der Waals surface area contributed by atoms with E-state index in [1.54, 1.807) is 12.1 Å². The van der Waals surface area contributed by atoms with Crippen LogP contribution in [0.15, 0.2) is 34.9 Å². The van der Waals surface area contributed by atoms with E-state index in [0.717, 1.165) is 9.55 Å². The topological polar surface area (TPSA) is 88.8 Å². The van der Waals surface area contributed by atoms with Gasteiger partial charge < -0.3 is 0 Å². The Labute approximate surface area is 95.2 Å². The van der Waals surface area contributed by atoms with Crippen LogP contribution in [0.1, 0.15) is 5.56 Å². The van der Waals surface area contributed by atoms with Crippen LogP contribution < -0.4 is 5.49 Å². The van der Waals surface area contributed by atoms with Gasteiger partial charge in [-0.2, -0.15) is 15.5 Å². The molecule has 0 atom stereocenters. The van der Waals surface area contributed by atoms with Gasteiger partial charge in [-0.15, -0.1) is 11.3 Å². The zero-order valence-corrected chi connectivity index (χ0v) is 8.95. The lowest BCUT2D eigenvalue weighted by atomic mass is 10.2. The highest BCUT2D eigenvalue weighted by atomic mass is 32.1. The lowest BCUT2D eigenvalue weighted by Crippen LogP contribution is -2.20. The molecule has 0 saturated carbocycles. The zero-order chi connectivity index (χ0) is 11.5. The lowest BCUT2D eigenvalue weighted by Gasteiger charge is -2.05. The summed E-state index contributed by atoms with van der Waals surface area (Å²) in [5, 5.41) is 21.7. The van der Waals surface area contributed by atoms with Crippen molar-refractivity contribution in [2.45, 2.75) is 0 Å². The number of nitrogens with zero attached hydrogens (tertiary/aromatic N) is 3. The van der Waals surface area contributed by atoms with Gasteiger partial charge in [-0.05, 0) is 23.6 Å². The molecular weight excluding hydrogens is 222 g/mol. The summed E-state index contributed by atoms with van der Waals surface area (Å²) in [6, 6.07) is 8.92. The summed E-state index contributed by atoms with van der Waals surface area (Å²) >= 11 is 1.50. The summed E-state index contributed by atoms with van der Waals surface area (Å²) in [4.78, 5) is 0.911. The average molecular weight is 229 g/mol. The van der Waals surface area contributed by atoms with Crippen LogP contribution in [0.25, 0.3) is 10.6 Å². The lowest BCUT2D eigenvalue weighted by molar-refractivity contribution is 0.714. The van der Waals surface area contributed by atoms with Gasteiger partial charge in [-0.3, -0.25) is 5.41 Å². The number of aromatic nitrogens is 1. The Bertz CT molecular complexity index is 618. The molecular formula is C10H7N5S. The van der Waals surface area contributed by atoms with E-state index in [1.165, 1.54) is 11.3 Å². The summed E-state index contributed by atoms with van der Waals surface area (Å²) in [7, 11) is 0. The molecule has 0 aromatic carbocycles. The first-order valence-corrected chi connectivity index (χ1v) is 5.28. The minimum Gasteiger partial charge on any atom is -0.282 e. The highest BCUT2D eigenvalue weighted by Crippen LogP contribution is 2.23. The van der Waals surface area contributed by atoms with E-state index in [0.29, 0.717) is 5.69 Å². The maximum atomic E-state index is 8.78. The van der Waals surface area contributed by atoms with Gasteiger partial charge in [0.2, 0.25) is 0 Å². The molecule has 6 heteroatoms. The van der Waals surface area contributed by atoms with Gasteiger partial charge in [0.05, 0.1) is 16.1 Å². The Kier molecular flexibility index (Phi) is 2.62. The van der Waals surface area contributed by atoms with Gasteiger partial charge in [-0.25, -0.2) is 0 Å². The van der Waals surface area contributed by atoms with Crippen molar-refractivity contribution in [1.82, 2.24) is 4.68 Å². The fraction of sp³-hybridized carbons (Fsp3) is 0. The maximum Gasteiger partial charge on any atom is 0.166 e. The van der Waals surface area contributed by atoms with Crippen LogP contribution in [-0.4, -0.2) is 4.68 Å². The number of hydrogen-bond acceptors (Lipinski definition) is 5. The molecule has 2 heterocycles. The van der Waals surface area contributed by atoms with Crippen molar-refractivity contribution >= 4 is 11.3 Å². The molecule has 0 aliphatic heterocycles. The third-order valence-corrected chi connectivity index (χ3v) is 2.99. The second-order valence-electron chi connectivity index (χ2n) is 2.98. The van der Waals surface area contributed by atoms with E-state index in [9.17, 15) is 0 Å². The molecule has 0 fully saturated rings. The molecule has 16 heavy (non-hydrogen) atoms. The summed E-state index contributed by atoms with van der Waals surface area (Å²) < 4.78 is 1.14. The molecule has 0 aliphatic rings. The Morgan fingerprint density at radius 3 is 2.75 bits per heavy atom. The van der Waals surface area contributed by atoms with Crippen LogP contribution in [0.5, 0.6) is 0 Å². The molecule has 0 radical (unpaired) electrons. The van der Waals surface area contributed by atoms with Gasteiger partial charge in [0, 0.05) is 0 Å². The number of thiophene rings is 1. The molecule has 0 amide bonds. The van der Waals surface area contributed by atoms with E-state index in [-0.39, 0.29) is 11.1 Å². The molecule has 78 valence electrons. The van der Waals surface area contributed by atoms with Crippen molar-refractivity contribution in [1.29, 1.82) is 16.2 Å². The maximum absolute atomic E-state index is 8.78. The highest BCUT2D eigenvalue weighted by molar-refractivity contribution is 7.13. The first-order valence-electron chi connectivity index (χ1n) is 4.40. The fourth-order valence-corrected chi connectivity index (χ4v) is 2.09. The van der Waals surface area contributed by atoms with E-state index in [2.05, 4.69) is 5.22 Å². The van der Waals surface area contributed by atoms with E-state index < -0.39 is 0 Å². The molecule has 0 spiro atoms. The van der Waals surface area contributed by atoms with E-state index >= 15 is 0 Å². The Hall–Kier alpha value is -2.26. The number of nitriles is 1. The second-order valence-corrected chi connectivity index (χ2v) is 3.93. The van der Waals surface area contributed by atoms with Crippen molar-refractivity contribution in [2.24, 2.45) is 5.22 Å². The van der Waals surface area contributed by atoms with Crippen molar-refractivity contribution in [3.05, 3.63) is 40.7 Å². The molecule has 2 N–H and O–H groups in total. The third-order valence-electron chi connectivity index (χ3n) is 2.10. The minimum absolute atomic E-state index is 0.0663. The summed E-state index contributed by atoms with van der Waals surface area (Å²) in [5.41, 5.74) is 7.85. The molecule has 0 aliphatic carbocycles. The Morgan fingerprint density at radius 2 is 2.19 bits per heavy atom. The third kappa shape index (κ3) is 1.53. The largest absolute Gasteiger partial charge is 0.282 e. The summed E-state index contributed by atoms with van der Waals surface area (Å²) in [5.74, 6) is 0. The molecule has 2 aromatic heterocycles. The monoisotopic (exact) mass is 229 g/mol. The van der Waals surface area contributed by atoms with E-state index in [1.807, 2.05) is 23.6 Å². The van der Waals surface area contributed by atoms with Crippen LogP contribution in [0.4, 0.5) is 0 Å². The normalized spacial score (nSPS) is 9.69. The first-order chi connectivity index (χ1) is 7.77. The molecule has 0 saturated heterocycles. The van der Waals surface area contributed by atoms with Crippen molar-refractivity contribution in [2.75, 3.05) is 0 Å². The number of nitrogens with one attached hydrogen (secondary N) is 2. The van der Waals surface area contributed by atoms with Gasteiger partial charge in [0.15, 0.2) is 5.49 Å². The number of rotatable bonds is 2. The van der Waals surface area contributed by atoms with Crippen molar-refractivity contribution in [3.63, 3.8) is 0 Å². The van der Waals surface area contributed by atoms with Crippen LogP contribution >= 0.6 is 11.3 Å². The average Bonchev–Trinajstić information content (AvgIpc) is 2.82. The SMILES string of the molecule is N#Cc1ccc(-c2cccs2)n(N=N)c1=N. The molecule has 2 rings (SSSR count). The standard InChI is InChI=1S/C10H7N5S/c11-6-7-3-4-8(9-2-1-5-16-9)15(14-13)10(7)12/h1-5,12-13H.